The average Bonchev–Trinajstić information content (AvgIpc) is 2.76. The number of imidazole rings is 1. The molecule has 96 valence electrons. The number of nitrogens with zero attached hydrogens (tertiary/aromatic N) is 2. The molecule has 3 N–H and O–H groups in total. The first-order chi connectivity index (χ1) is 9.13. The Morgan fingerprint density at radius 1 is 1.32 bits per heavy atom. The fourth-order valence-corrected chi connectivity index (χ4v) is 2.82. The summed E-state index contributed by atoms with van der Waals surface area (Å²) in [5, 5.41) is 1.49. The van der Waals surface area contributed by atoms with Crippen LogP contribution in [-0.4, -0.2) is 15.0 Å². The number of nitrogens with one attached hydrogen (secondary N) is 1. The Morgan fingerprint density at radius 2 is 2.16 bits per heavy atom. The zero-order valence-electron chi connectivity index (χ0n) is 10.1. The minimum atomic E-state index is 0.546. The lowest BCUT2D eigenvalue weighted by Gasteiger charge is -2.04. The third kappa shape index (κ3) is 2.39. The summed E-state index contributed by atoms with van der Waals surface area (Å²) in [5.41, 5.74) is 8.58. The molecule has 0 unspecified atom stereocenters. The van der Waals surface area contributed by atoms with E-state index in [9.17, 15) is 0 Å². The minimum Gasteiger partial charge on any atom is -0.383 e. The van der Waals surface area contributed by atoms with Gasteiger partial charge in [-0.25, -0.2) is 9.97 Å². The Balaban J connectivity index is 1.99. The van der Waals surface area contributed by atoms with Crippen LogP contribution >= 0.6 is 23.4 Å². The van der Waals surface area contributed by atoms with Gasteiger partial charge in [-0.15, -0.1) is 0 Å². The van der Waals surface area contributed by atoms with Gasteiger partial charge in [0, 0.05) is 21.7 Å². The fraction of sp³-hybridized carbons (Fsp3) is 0.0769. The van der Waals surface area contributed by atoms with Crippen molar-refractivity contribution in [3.63, 3.8) is 0 Å². The summed E-state index contributed by atoms with van der Waals surface area (Å²) in [6, 6.07) is 7.52. The number of aromatic nitrogens is 3. The molecule has 4 nitrogen and oxygen atoms in total. The molecular weight excluding hydrogens is 280 g/mol. The summed E-state index contributed by atoms with van der Waals surface area (Å²) in [4.78, 5) is 12.8. The summed E-state index contributed by atoms with van der Waals surface area (Å²) in [5.74, 6) is 0.546. The predicted molar refractivity (Wildman–Crippen MR) is 78.6 cm³/mol. The van der Waals surface area contributed by atoms with Gasteiger partial charge in [-0.3, -0.25) is 0 Å². The second-order valence-electron chi connectivity index (χ2n) is 4.12. The smallest absolute Gasteiger partial charge is 0.171 e. The van der Waals surface area contributed by atoms with Crippen LogP contribution in [-0.2, 0) is 0 Å². The molecular formula is C13H11ClN4S. The zero-order chi connectivity index (χ0) is 13.4. The van der Waals surface area contributed by atoms with E-state index < -0.39 is 0 Å². The first-order valence-corrected chi connectivity index (χ1v) is 6.87. The Bertz CT molecular complexity index is 753. The lowest BCUT2D eigenvalue weighted by atomic mass is 10.3. The Kier molecular flexibility index (Phi) is 3.08. The standard InChI is InChI=1S/C13H11ClN4S/c1-7-11(4-5-16-12(7)15)19-13-17-9-3-2-8(14)6-10(9)18-13/h2-6H,1H3,(H2,15,16)(H,17,18). The van der Waals surface area contributed by atoms with Crippen LogP contribution < -0.4 is 5.73 Å². The minimum absolute atomic E-state index is 0.546. The SMILES string of the molecule is Cc1c(Sc2nc3cc(Cl)ccc3[nH]2)ccnc1N. The largest absolute Gasteiger partial charge is 0.383 e. The number of halogens is 1. The van der Waals surface area contributed by atoms with Crippen LogP contribution in [0.5, 0.6) is 0 Å². The maximum atomic E-state index is 5.95. The van der Waals surface area contributed by atoms with Crippen molar-refractivity contribution in [3.8, 4) is 0 Å². The summed E-state index contributed by atoms with van der Waals surface area (Å²) >= 11 is 7.48. The molecule has 0 amide bonds. The molecule has 0 fully saturated rings. The van der Waals surface area contributed by atoms with Gasteiger partial charge < -0.3 is 10.7 Å². The number of hydrogen-bond acceptors (Lipinski definition) is 4. The molecule has 1 aromatic carbocycles. The Labute approximate surface area is 119 Å². The normalized spacial score (nSPS) is 11.1. The molecule has 0 spiro atoms. The molecule has 0 bridgehead atoms. The number of rotatable bonds is 2. The summed E-state index contributed by atoms with van der Waals surface area (Å²) in [7, 11) is 0. The summed E-state index contributed by atoms with van der Waals surface area (Å²) in [6.45, 7) is 1.95. The molecule has 6 heteroatoms. The number of nitrogen functional groups attached to an aromatic ring is 1. The van der Waals surface area contributed by atoms with Gasteiger partial charge in [-0.05, 0) is 31.2 Å². The van der Waals surface area contributed by atoms with Crippen molar-refractivity contribution in [2.24, 2.45) is 0 Å². The number of aromatic amines is 1. The molecule has 0 aliphatic rings. The topological polar surface area (TPSA) is 67.6 Å². The van der Waals surface area contributed by atoms with Gasteiger partial charge in [0.2, 0.25) is 0 Å². The van der Waals surface area contributed by atoms with E-state index in [1.165, 1.54) is 11.8 Å². The number of H-pyrrole nitrogens is 1. The van der Waals surface area contributed by atoms with E-state index in [4.69, 9.17) is 17.3 Å². The van der Waals surface area contributed by atoms with Crippen LogP contribution in [0.1, 0.15) is 5.56 Å². The molecule has 0 saturated heterocycles. The van der Waals surface area contributed by atoms with E-state index in [1.54, 1.807) is 6.20 Å². The van der Waals surface area contributed by atoms with E-state index in [0.29, 0.717) is 10.8 Å². The van der Waals surface area contributed by atoms with Gasteiger partial charge in [0.25, 0.3) is 0 Å². The molecule has 2 aromatic heterocycles. The monoisotopic (exact) mass is 290 g/mol. The maximum absolute atomic E-state index is 5.95. The highest BCUT2D eigenvalue weighted by Gasteiger charge is 2.08. The lowest BCUT2D eigenvalue weighted by Crippen LogP contribution is -1.94. The van der Waals surface area contributed by atoms with Gasteiger partial charge in [0.1, 0.15) is 5.82 Å². The van der Waals surface area contributed by atoms with Crippen LogP contribution in [0.2, 0.25) is 5.02 Å². The van der Waals surface area contributed by atoms with Crippen molar-refractivity contribution in [2.45, 2.75) is 17.0 Å². The van der Waals surface area contributed by atoms with Crippen molar-refractivity contribution >= 4 is 40.2 Å². The second-order valence-corrected chi connectivity index (χ2v) is 5.59. The highest BCUT2D eigenvalue weighted by Crippen LogP contribution is 2.31. The van der Waals surface area contributed by atoms with Gasteiger partial charge in [-0.2, -0.15) is 0 Å². The number of fused-ring (bicyclic) bond motifs is 1. The third-order valence-electron chi connectivity index (χ3n) is 2.82. The van der Waals surface area contributed by atoms with E-state index in [-0.39, 0.29) is 0 Å². The Hall–Kier alpha value is -1.72. The first kappa shape index (κ1) is 12.3. The van der Waals surface area contributed by atoms with Crippen LogP contribution in [0, 0.1) is 6.92 Å². The number of hydrogen-bond donors (Lipinski definition) is 2. The summed E-state index contributed by atoms with van der Waals surface area (Å²) < 4.78 is 0. The molecule has 0 aliphatic carbocycles. The first-order valence-electron chi connectivity index (χ1n) is 5.67. The molecule has 0 radical (unpaired) electrons. The molecule has 0 atom stereocenters. The van der Waals surface area contributed by atoms with Crippen molar-refractivity contribution < 1.29 is 0 Å². The van der Waals surface area contributed by atoms with Crippen molar-refractivity contribution in [1.29, 1.82) is 0 Å². The predicted octanol–water partition coefficient (Wildman–Crippen LogP) is 3.65. The highest BCUT2D eigenvalue weighted by molar-refractivity contribution is 7.99. The molecule has 2 heterocycles. The van der Waals surface area contributed by atoms with E-state index in [2.05, 4.69) is 15.0 Å². The van der Waals surface area contributed by atoms with Gasteiger partial charge in [0.05, 0.1) is 11.0 Å². The van der Waals surface area contributed by atoms with Crippen LogP contribution in [0.3, 0.4) is 0 Å². The van der Waals surface area contributed by atoms with Gasteiger partial charge in [-0.1, -0.05) is 23.4 Å². The zero-order valence-corrected chi connectivity index (χ0v) is 11.7. The highest BCUT2D eigenvalue weighted by atomic mass is 35.5. The fourth-order valence-electron chi connectivity index (χ4n) is 1.75. The summed E-state index contributed by atoms with van der Waals surface area (Å²) in [6.07, 6.45) is 1.70. The molecule has 3 aromatic rings. The van der Waals surface area contributed by atoms with E-state index in [0.717, 1.165) is 26.6 Å². The molecule has 0 saturated carbocycles. The van der Waals surface area contributed by atoms with Crippen molar-refractivity contribution in [3.05, 3.63) is 41.0 Å². The van der Waals surface area contributed by atoms with Crippen LogP contribution in [0.4, 0.5) is 5.82 Å². The second kappa shape index (κ2) is 4.75. The van der Waals surface area contributed by atoms with Crippen LogP contribution in [0.15, 0.2) is 40.5 Å². The van der Waals surface area contributed by atoms with Crippen molar-refractivity contribution in [1.82, 2.24) is 15.0 Å². The van der Waals surface area contributed by atoms with Crippen molar-refractivity contribution in [2.75, 3.05) is 5.73 Å². The van der Waals surface area contributed by atoms with Gasteiger partial charge in [0.15, 0.2) is 5.16 Å². The number of pyridine rings is 1. The number of benzene rings is 1. The van der Waals surface area contributed by atoms with Gasteiger partial charge >= 0.3 is 0 Å². The molecule has 0 aliphatic heterocycles. The maximum Gasteiger partial charge on any atom is 0.171 e. The average molecular weight is 291 g/mol. The quantitative estimate of drug-likeness (QED) is 0.756. The number of nitrogens with two attached hydrogens (primary N) is 1. The van der Waals surface area contributed by atoms with E-state index in [1.807, 2.05) is 31.2 Å². The lowest BCUT2D eigenvalue weighted by molar-refractivity contribution is 1.07. The third-order valence-corrected chi connectivity index (χ3v) is 4.11. The number of anilines is 1. The molecule has 19 heavy (non-hydrogen) atoms. The van der Waals surface area contributed by atoms with E-state index >= 15 is 0 Å². The molecule has 3 rings (SSSR count). The Morgan fingerprint density at radius 3 is 3.00 bits per heavy atom. The van der Waals surface area contributed by atoms with Crippen LogP contribution in [0.25, 0.3) is 11.0 Å².